The molecule has 3 rings (SSSR count). The molecule has 0 spiro atoms. The van der Waals surface area contributed by atoms with Gasteiger partial charge in [0, 0.05) is 23.2 Å². The molecule has 1 aliphatic rings. The van der Waals surface area contributed by atoms with Gasteiger partial charge in [0.05, 0.1) is 12.5 Å². The van der Waals surface area contributed by atoms with Crippen LogP contribution in [0.5, 0.6) is 11.5 Å². The molecule has 1 amide bonds. The number of hydrogen-bond acceptors (Lipinski definition) is 4. The van der Waals surface area contributed by atoms with Crippen molar-refractivity contribution in [3.8, 4) is 11.5 Å². The number of amides is 1. The molecular weight excluding hydrogens is 454 g/mol. The smallest absolute Gasteiger partial charge is 0.344 e. The van der Waals surface area contributed by atoms with Gasteiger partial charge in [-0.1, -0.05) is 53.7 Å². The molecule has 2 N–H and O–H groups in total. The topological polar surface area (TPSA) is 84.9 Å². The van der Waals surface area contributed by atoms with Crippen molar-refractivity contribution in [2.24, 2.45) is 5.41 Å². The third kappa shape index (κ3) is 5.69. The highest BCUT2D eigenvalue weighted by atomic mass is 16.5. The summed E-state index contributed by atoms with van der Waals surface area (Å²) in [4.78, 5) is 24.6. The maximum Gasteiger partial charge on any atom is 0.344 e. The maximum absolute atomic E-state index is 12.9. The first kappa shape index (κ1) is 27.6. The Labute approximate surface area is 215 Å². The standard InChI is InChI=1S/C30H41NO5/c1-10-23(29(33)34)36-24-13-20(16(2)3)11-12-21(24)22-15-35-28-18(5)17(4)27(19(6)26(22)28)31-25(32)14-30(7,8)9/h11-13,16,22-23H,10,14-15H2,1-9H3,(H,31,32)(H,33,34). The third-order valence-corrected chi connectivity index (χ3v) is 6.99. The molecule has 1 aliphatic heterocycles. The Morgan fingerprint density at radius 2 is 1.81 bits per heavy atom. The summed E-state index contributed by atoms with van der Waals surface area (Å²) in [5.74, 6) is 0.560. The summed E-state index contributed by atoms with van der Waals surface area (Å²) in [5.41, 5.74) is 6.69. The lowest BCUT2D eigenvalue weighted by atomic mass is 9.85. The summed E-state index contributed by atoms with van der Waals surface area (Å²) in [6.45, 7) is 18.6. The van der Waals surface area contributed by atoms with Crippen LogP contribution in [0.4, 0.5) is 5.69 Å². The molecule has 0 aliphatic carbocycles. The van der Waals surface area contributed by atoms with E-state index in [2.05, 4.69) is 25.2 Å². The van der Waals surface area contributed by atoms with Gasteiger partial charge >= 0.3 is 5.97 Å². The van der Waals surface area contributed by atoms with E-state index in [1.807, 2.05) is 60.6 Å². The van der Waals surface area contributed by atoms with E-state index >= 15 is 0 Å². The van der Waals surface area contributed by atoms with Crippen molar-refractivity contribution < 1.29 is 24.2 Å². The van der Waals surface area contributed by atoms with E-state index in [1.54, 1.807) is 0 Å². The summed E-state index contributed by atoms with van der Waals surface area (Å²) in [5, 5.41) is 12.8. The van der Waals surface area contributed by atoms with E-state index in [4.69, 9.17) is 9.47 Å². The number of carbonyl (C=O) groups excluding carboxylic acids is 1. The Kier molecular flexibility index (Phi) is 8.07. The normalized spacial score (nSPS) is 15.9. The van der Waals surface area contributed by atoms with Crippen molar-refractivity contribution >= 4 is 17.6 Å². The van der Waals surface area contributed by atoms with E-state index < -0.39 is 12.1 Å². The van der Waals surface area contributed by atoms with Gasteiger partial charge in [-0.05, 0) is 66.8 Å². The van der Waals surface area contributed by atoms with Gasteiger partial charge in [-0.2, -0.15) is 0 Å². The quantitative estimate of drug-likeness (QED) is 0.417. The van der Waals surface area contributed by atoms with Crippen molar-refractivity contribution in [3.63, 3.8) is 0 Å². The molecule has 196 valence electrons. The predicted octanol–water partition coefficient (Wildman–Crippen LogP) is 6.88. The Morgan fingerprint density at radius 1 is 1.14 bits per heavy atom. The molecule has 6 nitrogen and oxygen atoms in total. The number of benzene rings is 2. The van der Waals surface area contributed by atoms with Gasteiger partial charge in [-0.15, -0.1) is 0 Å². The summed E-state index contributed by atoms with van der Waals surface area (Å²) < 4.78 is 12.3. The molecule has 0 radical (unpaired) electrons. The fourth-order valence-corrected chi connectivity index (χ4v) is 4.86. The van der Waals surface area contributed by atoms with Crippen LogP contribution in [0.1, 0.15) is 99.6 Å². The second kappa shape index (κ2) is 10.5. The first-order chi connectivity index (χ1) is 16.7. The van der Waals surface area contributed by atoms with Crippen LogP contribution in [0, 0.1) is 26.2 Å². The monoisotopic (exact) mass is 495 g/mol. The summed E-state index contributed by atoms with van der Waals surface area (Å²) >= 11 is 0. The fraction of sp³-hybridized carbons (Fsp3) is 0.533. The van der Waals surface area contributed by atoms with Crippen LogP contribution >= 0.6 is 0 Å². The van der Waals surface area contributed by atoms with Crippen LogP contribution in [0.15, 0.2) is 18.2 Å². The second-order valence-electron chi connectivity index (χ2n) is 11.4. The molecule has 0 bridgehead atoms. The largest absolute Gasteiger partial charge is 0.492 e. The minimum absolute atomic E-state index is 0.0129. The second-order valence-corrected chi connectivity index (χ2v) is 11.4. The number of anilines is 1. The Morgan fingerprint density at radius 3 is 2.36 bits per heavy atom. The third-order valence-electron chi connectivity index (χ3n) is 6.99. The minimum Gasteiger partial charge on any atom is -0.492 e. The van der Waals surface area contributed by atoms with Crippen molar-refractivity contribution in [1.29, 1.82) is 0 Å². The number of aliphatic carboxylic acids is 1. The number of hydrogen-bond donors (Lipinski definition) is 2. The fourth-order valence-electron chi connectivity index (χ4n) is 4.86. The number of ether oxygens (including phenoxy) is 2. The molecule has 0 fully saturated rings. The van der Waals surface area contributed by atoms with Gasteiger partial charge < -0.3 is 19.9 Å². The number of carbonyl (C=O) groups is 2. The molecule has 2 aromatic carbocycles. The zero-order chi connectivity index (χ0) is 26.9. The maximum atomic E-state index is 12.9. The van der Waals surface area contributed by atoms with Crippen molar-refractivity contribution in [3.05, 3.63) is 51.6 Å². The van der Waals surface area contributed by atoms with Crippen LogP contribution in [-0.4, -0.2) is 29.7 Å². The molecule has 2 aromatic rings. The number of carboxylic acid groups (broad SMARTS) is 1. The lowest BCUT2D eigenvalue weighted by Gasteiger charge is -2.24. The first-order valence-corrected chi connectivity index (χ1v) is 12.8. The molecule has 0 aromatic heterocycles. The number of nitrogens with one attached hydrogen (secondary N) is 1. The van der Waals surface area contributed by atoms with Gasteiger partial charge in [0.2, 0.25) is 5.91 Å². The van der Waals surface area contributed by atoms with E-state index in [0.717, 1.165) is 44.8 Å². The van der Waals surface area contributed by atoms with Crippen LogP contribution in [0.3, 0.4) is 0 Å². The van der Waals surface area contributed by atoms with Crippen LogP contribution in [0.25, 0.3) is 0 Å². The summed E-state index contributed by atoms with van der Waals surface area (Å²) in [6, 6.07) is 6.08. The van der Waals surface area contributed by atoms with E-state index in [0.29, 0.717) is 25.2 Å². The van der Waals surface area contributed by atoms with Crippen LogP contribution in [0.2, 0.25) is 0 Å². The van der Waals surface area contributed by atoms with Crippen molar-refractivity contribution in [1.82, 2.24) is 0 Å². The molecule has 2 atom stereocenters. The molecular formula is C30H41NO5. The number of carboxylic acids is 1. The first-order valence-electron chi connectivity index (χ1n) is 12.8. The summed E-state index contributed by atoms with van der Waals surface area (Å²) in [6.07, 6.45) is -0.148. The van der Waals surface area contributed by atoms with E-state index in [1.165, 1.54) is 0 Å². The Bertz CT molecular complexity index is 1160. The van der Waals surface area contributed by atoms with Gasteiger partial charge in [-0.3, -0.25) is 4.79 Å². The van der Waals surface area contributed by atoms with Crippen LogP contribution in [-0.2, 0) is 9.59 Å². The van der Waals surface area contributed by atoms with Crippen molar-refractivity contribution in [2.45, 2.75) is 93.1 Å². The van der Waals surface area contributed by atoms with Gasteiger partial charge in [0.25, 0.3) is 0 Å². The lowest BCUT2D eigenvalue weighted by Crippen LogP contribution is -2.26. The lowest BCUT2D eigenvalue weighted by molar-refractivity contribution is -0.145. The van der Waals surface area contributed by atoms with E-state index in [-0.39, 0.29) is 23.2 Å². The molecule has 0 saturated carbocycles. The molecule has 36 heavy (non-hydrogen) atoms. The Hall–Kier alpha value is -3.02. The number of rotatable bonds is 8. The highest BCUT2D eigenvalue weighted by Gasteiger charge is 2.35. The zero-order valence-corrected chi connectivity index (χ0v) is 23.2. The SMILES string of the molecule is CCC(Oc1cc(C(C)C)ccc1C1COc2c(C)c(C)c(NC(=O)CC(C)(C)C)c(C)c21)C(=O)O. The average Bonchev–Trinajstić information content (AvgIpc) is 3.22. The van der Waals surface area contributed by atoms with Crippen molar-refractivity contribution in [2.75, 3.05) is 11.9 Å². The molecule has 1 heterocycles. The minimum atomic E-state index is -0.979. The molecule has 2 unspecified atom stereocenters. The Balaban J connectivity index is 2.12. The van der Waals surface area contributed by atoms with Crippen LogP contribution < -0.4 is 14.8 Å². The average molecular weight is 496 g/mol. The van der Waals surface area contributed by atoms with E-state index in [9.17, 15) is 14.7 Å². The summed E-state index contributed by atoms with van der Waals surface area (Å²) in [7, 11) is 0. The van der Waals surface area contributed by atoms with Gasteiger partial charge in [-0.25, -0.2) is 4.79 Å². The van der Waals surface area contributed by atoms with Gasteiger partial charge in [0.15, 0.2) is 6.10 Å². The molecule has 0 saturated heterocycles. The number of fused-ring (bicyclic) bond motifs is 1. The highest BCUT2D eigenvalue weighted by Crippen LogP contribution is 2.49. The zero-order valence-electron chi connectivity index (χ0n) is 23.2. The predicted molar refractivity (Wildman–Crippen MR) is 144 cm³/mol. The highest BCUT2D eigenvalue weighted by molar-refractivity contribution is 5.93. The van der Waals surface area contributed by atoms with Gasteiger partial charge in [0.1, 0.15) is 11.5 Å². The molecule has 6 heteroatoms.